The molecule has 0 atom stereocenters. The lowest BCUT2D eigenvalue weighted by molar-refractivity contribution is 0.0952. The van der Waals surface area contributed by atoms with Crippen molar-refractivity contribution in [2.24, 2.45) is 0 Å². The fraction of sp³-hybridized carbons (Fsp3) is 0.455. The van der Waals surface area contributed by atoms with Gasteiger partial charge in [0, 0.05) is 31.0 Å². The summed E-state index contributed by atoms with van der Waals surface area (Å²) >= 11 is 1.63. The first-order chi connectivity index (χ1) is 15.1. The number of hydrogen-bond donors (Lipinski definition) is 2. The molecule has 0 radical (unpaired) electrons. The van der Waals surface area contributed by atoms with E-state index in [0.29, 0.717) is 38.4 Å². The number of nitrogens with zero attached hydrogens (tertiary/aromatic N) is 4. The fourth-order valence-corrected chi connectivity index (χ4v) is 3.73. The Hall–Kier alpha value is -2.65. The number of hydrogen-bond acceptors (Lipinski definition) is 7. The van der Waals surface area contributed by atoms with Gasteiger partial charge >= 0.3 is 0 Å². The van der Waals surface area contributed by atoms with E-state index in [9.17, 15) is 4.79 Å². The molecule has 2 heterocycles. The number of aromatic nitrogens is 4. The molecule has 2 N–H and O–H groups in total. The fourth-order valence-electron chi connectivity index (χ4n) is 3.04. The molecule has 0 saturated carbocycles. The molecule has 0 bridgehead atoms. The van der Waals surface area contributed by atoms with Crippen LogP contribution in [-0.2, 0) is 11.3 Å². The standard InChI is InChI=1S/C22H30N6O2S/c1-4-13-31-22-26-19(23-10-12-30-5-2)18-15-25-28(20(18)27-22)11-9-24-21(29)17-8-6-7-16(3)14-17/h6-8,14-15H,4-5,9-13H2,1-3H3,(H,24,29)(H,23,26,27). The largest absolute Gasteiger partial charge is 0.380 e. The maximum absolute atomic E-state index is 12.4. The maximum Gasteiger partial charge on any atom is 0.251 e. The SMILES string of the molecule is CCCSc1nc(NCCOCC)c2cnn(CCNC(=O)c3cccc(C)c3)c2n1. The molecule has 0 saturated heterocycles. The second-order valence-corrected chi connectivity index (χ2v) is 8.12. The van der Waals surface area contributed by atoms with Crippen molar-refractivity contribution in [2.45, 2.75) is 38.9 Å². The van der Waals surface area contributed by atoms with Crippen LogP contribution in [0.5, 0.6) is 0 Å². The molecule has 0 aliphatic carbocycles. The number of fused-ring (bicyclic) bond motifs is 1. The van der Waals surface area contributed by atoms with Crippen LogP contribution in [0, 0.1) is 6.92 Å². The van der Waals surface area contributed by atoms with Gasteiger partial charge in [0.15, 0.2) is 10.8 Å². The van der Waals surface area contributed by atoms with Gasteiger partial charge in [-0.15, -0.1) is 0 Å². The van der Waals surface area contributed by atoms with E-state index >= 15 is 0 Å². The number of nitrogens with one attached hydrogen (secondary N) is 2. The highest BCUT2D eigenvalue weighted by molar-refractivity contribution is 7.99. The summed E-state index contributed by atoms with van der Waals surface area (Å²) in [6.07, 6.45) is 2.82. The minimum Gasteiger partial charge on any atom is -0.380 e. The van der Waals surface area contributed by atoms with Gasteiger partial charge in [-0.1, -0.05) is 36.4 Å². The van der Waals surface area contributed by atoms with Crippen LogP contribution in [0.15, 0.2) is 35.6 Å². The molecule has 0 aliphatic rings. The molecular weight excluding hydrogens is 412 g/mol. The lowest BCUT2D eigenvalue weighted by atomic mass is 10.1. The smallest absolute Gasteiger partial charge is 0.251 e. The third kappa shape index (κ3) is 6.41. The number of aryl methyl sites for hydroxylation is 1. The van der Waals surface area contributed by atoms with Crippen LogP contribution < -0.4 is 10.6 Å². The van der Waals surface area contributed by atoms with Crippen LogP contribution in [0.3, 0.4) is 0 Å². The Kier molecular flexibility index (Phi) is 8.66. The van der Waals surface area contributed by atoms with Crippen molar-refractivity contribution in [3.63, 3.8) is 0 Å². The summed E-state index contributed by atoms with van der Waals surface area (Å²) in [6.45, 7) is 9.02. The maximum atomic E-state index is 12.4. The minimum atomic E-state index is -0.0905. The van der Waals surface area contributed by atoms with Crippen molar-refractivity contribution in [1.82, 2.24) is 25.1 Å². The zero-order valence-electron chi connectivity index (χ0n) is 18.4. The van der Waals surface area contributed by atoms with Gasteiger partial charge in [0.05, 0.1) is 24.7 Å². The molecule has 9 heteroatoms. The molecule has 1 amide bonds. The molecule has 2 aromatic heterocycles. The molecule has 31 heavy (non-hydrogen) atoms. The van der Waals surface area contributed by atoms with Crippen molar-refractivity contribution < 1.29 is 9.53 Å². The van der Waals surface area contributed by atoms with Crippen molar-refractivity contribution >= 4 is 34.5 Å². The van der Waals surface area contributed by atoms with Crippen LogP contribution in [0.1, 0.15) is 36.2 Å². The summed E-state index contributed by atoms with van der Waals surface area (Å²) in [5.74, 6) is 1.62. The average Bonchev–Trinajstić information content (AvgIpc) is 3.18. The molecule has 0 aliphatic heterocycles. The van der Waals surface area contributed by atoms with Gasteiger partial charge < -0.3 is 15.4 Å². The number of carbonyl (C=O) groups excluding carboxylic acids is 1. The van der Waals surface area contributed by atoms with Crippen LogP contribution >= 0.6 is 11.8 Å². The van der Waals surface area contributed by atoms with Crippen LogP contribution in [0.2, 0.25) is 0 Å². The average molecular weight is 443 g/mol. The molecule has 0 spiro atoms. The molecule has 0 unspecified atom stereocenters. The van der Waals surface area contributed by atoms with Crippen molar-refractivity contribution in [3.05, 3.63) is 41.6 Å². The first kappa shape index (κ1) is 23.0. The first-order valence-corrected chi connectivity index (χ1v) is 11.6. The Morgan fingerprint density at radius 1 is 1.23 bits per heavy atom. The van der Waals surface area contributed by atoms with Gasteiger partial charge in [-0.3, -0.25) is 4.79 Å². The summed E-state index contributed by atoms with van der Waals surface area (Å²) in [6, 6.07) is 7.55. The molecule has 1 aromatic carbocycles. The first-order valence-electron chi connectivity index (χ1n) is 10.6. The summed E-state index contributed by atoms with van der Waals surface area (Å²) in [5, 5.41) is 12.4. The number of benzene rings is 1. The second-order valence-electron chi connectivity index (χ2n) is 7.06. The van der Waals surface area contributed by atoms with Gasteiger partial charge in [-0.05, 0) is 32.4 Å². The molecular formula is C22H30N6O2S. The summed E-state index contributed by atoms with van der Waals surface area (Å²) in [7, 11) is 0. The molecule has 3 aromatic rings. The van der Waals surface area contributed by atoms with E-state index in [0.717, 1.165) is 39.7 Å². The summed E-state index contributed by atoms with van der Waals surface area (Å²) in [4.78, 5) is 21.8. The number of rotatable bonds is 12. The van der Waals surface area contributed by atoms with Crippen LogP contribution in [-0.4, -0.2) is 57.7 Å². The predicted molar refractivity (Wildman–Crippen MR) is 125 cm³/mol. The van der Waals surface area contributed by atoms with E-state index in [1.807, 2.05) is 42.8 Å². The Bertz CT molecular complexity index is 1010. The number of thioether (sulfide) groups is 1. The molecule has 166 valence electrons. The zero-order valence-corrected chi connectivity index (χ0v) is 19.2. The normalized spacial score (nSPS) is 11.1. The summed E-state index contributed by atoms with van der Waals surface area (Å²) in [5.41, 5.74) is 2.48. The van der Waals surface area contributed by atoms with Crippen molar-refractivity contribution in [1.29, 1.82) is 0 Å². The number of carbonyl (C=O) groups is 1. The van der Waals surface area contributed by atoms with E-state index in [1.54, 1.807) is 18.0 Å². The van der Waals surface area contributed by atoms with E-state index in [-0.39, 0.29) is 5.91 Å². The number of ether oxygens (including phenoxy) is 1. The van der Waals surface area contributed by atoms with E-state index in [2.05, 4.69) is 27.6 Å². The van der Waals surface area contributed by atoms with E-state index < -0.39 is 0 Å². The highest BCUT2D eigenvalue weighted by atomic mass is 32.2. The Morgan fingerprint density at radius 3 is 2.87 bits per heavy atom. The minimum absolute atomic E-state index is 0.0905. The molecule has 8 nitrogen and oxygen atoms in total. The summed E-state index contributed by atoms with van der Waals surface area (Å²) < 4.78 is 7.23. The monoisotopic (exact) mass is 442 g/mol. The third-order valence-electron chi connectivity index (χ3n) is 4.54. The second kappa shape index (κ2) is 11.7. The Balaban J connectivity index is 1.71. The highest BCUT2D eigenvalue weighted by Crippen LogP contribution is 2.24. The van der Waals surface area contributed by atoms with Gasteiger partial charge in [-0.2, -0.15) is 5.10 Å². The third-order valence-corrected chi connectivity index (χ3v) is 5.60. The van der Waals surface area contributed by atoms with Crippen LogP contribution in [0.4, 0.5) is 5.82 Å². The van der Waals surface area contributed by atoms with Gasteiger partial charge in [0.2, 0.25) is 0 Å². The quantitative estimate of drug-likeness (QED) is 0.252. The topological polar surface area (TPSA) is 94.0 Å². The highest BCUT2D eigenvalue weighted by Gasteiger charge is 2.14. The van der Waals surface area contributed by atoms with Gasteiger partial charge in [0.25, 0.3) is 5.91 Å². The predicted octanol–water partition coefficient (Wildman–Crippen LogP) is 3.52. The van der Waals surface area contributed by atoms with Crippen LogP contribution in [0.25, 0.3) is 11.0 Å². The van der Waals surface area contributed by atoms with Crippen molar-refractivity contribution in [2.75, 3.05) is 37.4 Å². The van der Waals surface area contributed by atoms with E-state index in [1.165, 1.54) is 0 Å². The van der Waals surface area contributed by atoms with Gasteiger partial charge in [0.1, 0.15) is 5.82 Å². The van der Waals surface area contributed by atoms with E-state index in [4.69, 9.17) is 9.72 Å². The zero-order chi connectivity index (χ0) is 22.1. The Labute approximate surface area is 187 Å². The lowest BCUT2D eigenvalue weighted by Crippen LogP contribution is -2.27. The Morgan fingerprint density at radius 2 is 2.10 bits per heavy atom. The number of amides is 1. The number of anilines is 1. The van der Waals surface area contributed by atoms with Gasteiger partial charge in [-0.25, -0.2) is 14.6 Å². The molecule has 3 rings (SSSR count). The van der Waals surface area contributed by atoms with Crippen molar-refractivity contribution in [3.8, 4) is 0 Å². The molecule has 0 fully saturated rings. The lowest BCUT2D eigenvalue weighted by Gasteiger charge is -2.10.